The zero-order valence-corrected chi connectivity index (χ0v) is 17.0. The van der Waals surface area contributed by atoms with E-state index < -0.39 is 0 Å². The van der Waals surface area contributed by atoms with Crippen molar-refractivity contribution in [3.63, 3.8) is 0 Å². The highest BCUT2D eigenvalue weighted by atomic mass is 79.9. The molecule has 4 aromatic carbocycles. The predicted octanol–water partition coefficient (Wildman–Crippen LogP) is 5.65. The zero-order chi connectivity index (χ0) is 18.3. The summed E-state index contributed by atoms with van der Waals surface area (Å²) in [6.07, 6.45) is 0. The largest absolute Gasteiger partial charge is 0.494 e. The first kappa shape index (κ1) is 16.6. The van der Waals surface area contributed by atoms with E-state index in [4.69, 9.17) is 9.31 Å². The Hall–Kier alpha value is -1.62. The lowest BCUT2D eigenvalue weighted by Crippen LogP contribution is -2.41. The van der Waals surface area contributed by atoms with E-state index in [1.807, 2.05) is 0 Å². The fraction of sp³-hybridized carbons (Fsp3) is 0.273. The smallest absolute Gasteiger partial charge is 0.399 e. The normalized spacial score (nSPS) is 19.2. The van der Waals surface area contributed by atoms with Gasteiger partial charge in [-0.2, -0.15) is 0 Å². The highest BCUT2D eigenvalue weighted by molar-refractivity contribution is 9.10. The Bertz CT molecular complexity index is 1130. The van der Waals surface area contributed by atoms with Gasteiger partial charge >= 0.3 is 7.12 Å². The standard InChI is InChI=1S/C22H20BBrO2/c1-21(2)22(3,4)26-23(25-21)16-11-14-6-5-13-8-10-18(24)17-9-7-15(12-16)19(14)20(13)17/h5-12H,1-4H3. The molecule has 1 heterocycles. The van der Waals surface area contributed by atoms with Crippen LogP contribution >= 0.6 is 15.9 Å². The van der Waals surface area contributed by atoms with Crippen LogP contribution in [0.5, 0.6) is 0 Å². The van der Waals surface area contributed by atoms with E-state index in [1.165, 1.54) is 32.3 Å². The molecule has 0 atom stereocenters. The number of hydrogen-bond donors (Lipinski definition) is 0. The van der Waals surface area contributed by atoms with E-state index in [-0.39, 0.29) is 18.3 Å². The summed E-state index contributed by atoms with van der Waals surface area (Å²) in [7, 11) is -0.339. The van der Waals surface area contributed by atoms with Gasteiger partial charge in [-0.15, -0.1) is 0 Å². The van der Waals surface area contributed by atoms with Crippen LogP contribution < -0.4 is 5.46 Å². The van der Waals surface area contributed by atoms with Crippen LogP contribution in [0.4, 0.5) is 0 Å². The molecular formula is C22H20BBrO2. The first-order chi connectivity index (χ1) is 12.3. The molecule has 0 amide bonds. The first-order valence-corrected chi connectivity index (χ1v) is 9.79. The lowest BCUT2D eigenvalue weighted by atomic mass is 9.76. The molecule has 130 valence electrons. The number of benzene rings is 4. The van der Waals surface area contributed by atoms with E-state index in [0.29, 0.717) is 0 Å². The van der Waals surface area contributed by atoms with Gasteiger partial charge < -0.3 is 9.31 Å². The minimum atomic E-state index is -0.339. The van der Waals surface area contributed by atoms with Crippen molar-refractivity contribution in [2.45, 2.75) is 38.9 Å². The van der Waals surface area contributed by atoms with Crippen LogP contribution in [0.2, 0.25) is 0 Å². The van der Waals surface area contributed by atoms with Crippen LogP contribution in [0.25, 0.3) is 32.3 Å². The van der Waals surface area contributed by atoms with Gasteiger partial charge in [0.2, 0.25) is 0 Å². The molecule has 0 aromatic heterocycles. The van der Waals surface area contributed by atoms with E-state index in [0.717, 1.165) is 9.94 Å². The van der Waals surface area contributed by atoms with E-state index in [2.05, 4.69) is 92.2 Å². The summed E-state index contributed by atoms with van der Waals surface area (Å²) in [5, 5.41) is 7.59. The van der Waals surface area contributed by atoms with Crippen molar-refractivity contribution >= 4 is 60.8 Å². The predicted molar refractivity (Wildman–Crippen MR) is 114 cm³/mol. The van der Waals surface area contributed by atoms with Crippen LogP contribution in [0.1, 0.15) is 27.7 Å². The Kier molecular flexibility index (Phi) is 3.32. The topological polar surface area (TPSA) is 18.5 Å². The summed E-state index contributed by atoms with van der Waals surface area (Å²) >= 11 is 3.69. The summed E-state index contributed by atoms with van der Waals surface area (Å²) in [6, 6.07) is 17.5. The van der Waals surface area contributed by atoms with Crippen molar-refractivity contribution in [2.24, 2.45) is 0 Å². The summed E-state index contributed by atoms with van der Waals surface area (Å²) in [5.41, 5.74) is 0.413. The maximum Gasteiger partial charge on any atom is 0.494 e. The van der Waals surface area contributed by atoms with Crippen molar-refractivity contribution in [3.8, 4) is 0 Å². The van der Waals surface area contributed by atoms with E-state index in [9.17, 15) is 0 Å². The summed E-state index contributed by atoms with van der Waals surface area (Å²) < 4.78 is 13.7. The van der Waals surface area contributed by atoms with Crippen LogP contribution in [0.15, 0.2) is 53.0 Å². The lowest BCUT2D eigenvalue weighted by Gasteiger charge is -2.32. The molecule has 0 bridgehead atoms. The molecule has 0 radical (unpaired) electrons. The second-order valence-electron chi connectivity index (χ2n) is 8.25. The molecule has 4 heteroatoms. The fourth-order valence-electron chi connectivity index (χ4n) is 3.92. The molecule has 5 rings (SSSR count). The molecule has 0 spiro atoms. The molecular weight excluding hydrogens is 387 g/mol. The molecule has 2 nitrogen and oxygen atoms in total. The van der Waals surface area contributed by atoms with Crippen molar-refractivity contribution in [1.29, 1.82) is 0 Å². The van der Waals surface area contributed by atoms with Gasteiger partial charge in [0.05, 0.1) is 11.2 Å². The second kappa shape index (κ2) is 5.22. The third-order valence-electron chi connectivity index (χ3n) is 6.09. The van der Waals surface area contributed by atoms with Gasteiger partial charge in [-0.3, -0.25) is 0 Å². The molecule has 0 saturated carbocycles. The molecule has 4 aromatic rings. The molecule has 1 aliphatic heterocycles. The quantitative estimate of drug-likeness (QED) is 0.300. The second-order valence-corrected chi connectivity index (χ2v) is 9.11. The number of hydrogen-bond acceptors (Lipinski definition) is 2. The van der Waals surface area contributed by atoms with Crippen LogP contribution in [-0.4, -0.2) is 18.3 Å². The minimum Gasteiger partial charge on any atom is -0.399 e. The van der Waals surface area contributed by atoms with Gasteiger partial charge in [0, 0.05) is 4.47 Å². The highest BCUT2D eigenvalue weighted by Crippen LogP contribution is 2.39. The highest BCUT2D eigenvalue weighted by Gasteiger charge is 2.51. The molecule has 0 unspecified atom stereocenters. The van der Waals surface area contributed by atoms with E-state index in [1.54, 1.807) is 0 Å². The van der Waals surface area contributed by atoms with Crippen molar-refractivity contribution in [3.05, 3.63) is 53.0 Å². The van der Waals surface area contributed by atoms with Crippen LogP contribution in [-0.2, 0) is 9.31 Å². The van der Waals surface area contributed by atoms with Crippen LogP contribution in [0.3, 0.4) is 0 Å². The molecule has 1 saturated heterocycles. The summed E-state index contributed by atoms with van der Waals surface area (Å²) in [4.78, 5) is 0. The van der Waals surface area contributed by atoms with Crippen molar-refractivity contribution in [1.82, 2.24) is 0 Å². The molecule has 1 fully saturated rings. The minimum absolute atomic E-state index is 0.332. The average molecular weight is 407 g/mol. The van der Waals surface area contributed by atoms with Crippen molar-refractivity contribution < 1.29 is 9.31 Å². The summed E-state index contributed by atoms with van der Waals surface area (Å²) in [6.45, 7) is 8.37. The van der Waals surface area contributed by atoms with Gasteiger partial charge in [-0.25, -0.2) is 0 Å². The third kappa shape index (κ3) is 2.19. The number of halogens is 1. The monoisotopic (exact) mass is 406 g/mol. The number of rotatable bonds is 1. The summed E-state index contributed by atoms with van der Waals surface area (Å²) in [5.74, 6) is 0. The van der Waals surface area contributed by atoms with Crippen molar-refractivity contribution in [2.75, 3.05) is 0 Å². The maximum absolute atomic E-state index is 6.27. The van der Waals surface area contributed by atoms with Gasteiger partial charge in [0.15, 0.2) is 0 Å². The molecule has 0 N–H and O–H groups in total. The van der Waals surface area contributed by atoms with Gasteiger partial charge in [0.1, 0.15) is 0 Å². The maximum atomic E-state index is 6.27. The molecule has 26 heavy (non-hydrogen) atoms. The fourth-order valence-corrected chi connectivity index (χ4v) is 4.39. The Labute approximate surface area is 162 Å². The average Bonchev–Trinajstić information content (AvgIpc) is 2.81. The molecule has 0 aliphatic carbocycles. The van der Waals surface area contributed by atoms with E-state index >= 15 is 0 Å². The lowest BCUT2D eigenvalue weighted by molar-refractivity contribution is 0.00578. The van der Waals surface area contributed by atoms with Crippen LogP contribution in [0, 0.1) is 0 Å². The molecule has 1 aliphatic rings. The first-order valence-electron chi connectivity index (χ1n) is 8.99. The van der Waals surface area contributed by atoms with Gasteiger partial charge in [-0.05, 0) is 71.5 Å². The van der Waals surface area contributed by atoms with Gasteiger partial charge in [-0.1, -0.05) is 58.4 Å². The Balaban J connectivity index is 1.75. The Morgan fingerprint density at radius 1 is 0.731 bits per heavy atom. The third-order valence-corrected chi connectivity index (χ3v) is 6.79. The SMILES string of the molecule is CC1(C)OB(c2cc3ccc4ccc(Br)c5ccc(c2)c3c45)OC1(C)C. The Morgan fingerprint density at radius 3 is 1.92 bits per heavy atom. The Morgan fingerprint density at radius 2 is 1.27 bits per heavy atom. The zero-order valence-electron chi connectivity index (χ0n) is 15.4. The van der Waals surface area contributed by atoms with Gasteiger partial charge in [0.25, 0.3) is 0 Å².